The SMILES string of the molecule is CC(OC(=O)c1ccccc1I)C(=O)Nc1ccc2c(c1)OCO2. The Hall–Kier alpha value is -2.29. The van der Waals surface area contributed by atoms with Crippen molar-refractivity contribution in [2.45, 2.75) is 13.0 Å². The van der Waals surface area contributed by atoms with E-state index in [2.05, 4.69) is 5.32 Å². The van der Waals surface area contributed by atoms with Gasteiger partial charge in [-0.3, -0.25) is 4.79 Å². The fraction of sp³-hybridized carbons (Fsp3) is 0.176. The number of carbonyl (C=O) groups excluding carboxylic acids is 2. The zero-order chi connectivity index (χ0) is 17.1. The van der Waals surface area contributed by atoms with Crippen LogP contribution in [0.1, 0.15) is 17.3 Å². The minimum atomic E-state index is -0.932. The third-order valence-corrected chi connectivity index (χ3v) is 4.33. The Bertz CT molecular complexity index is 792. The minimum Gasteiger partial charge on any atom is -0.454 e. The molecule has 24 heavy (non-hydrogen) atoms. The van der Waals surface area contributed by atoms with E-state index in [0.29, 0.717) is 22.7 Å². The number of esters is 1. The van der Waals surface area contributed by atoms with E-state index < -0.39 is 18.0 Å². The number of nitrogens with one attached hydrogen (secondary N) is 1. The van der Waals surface area contributed by atoms with Gasteiger partial charge in [-0.15, -0.1) is 0 Å². The Morgan fingerprint density at radius 1 is 1.17 bits per heavy atom. The molecule has 0 bridgehead atoms. The van der Waals surface area contributed by atoms with Gasteiger partial charge in [-0.1, -0.05) is 12.1 Å². The van der Waals surface area contributed by atoms with Crippen LogP contribution in [0.15, 0.2) is 42.5 Å². The van der Waals surface area contributed by atoms with Gasteiger partial charge < -0.3 is 19.5 Å². The average Bonchev–Trinajstić information content (AvgIpc) is 3.02. The van der Waals surface area contributed by atoms with Crippen molar-refractivity contribution in [3.63, 3.8) is 0 Å². The predicted octanol–water partition coefficient (Wildman–Crippen LogP) is 3.20. The summed E-state index contributed by atoms with van der Waals surface area (Å²) in [5, 5.41) is 2.69. The number of anilines is 1. The highest BCUT2D eigenvalue weighted by atomic mass is 127. The molecular weight excluding hydrogens is 425 g/mol. The summed E-state index contributed by atoms with van der Waals surface area (Å²) in [4.78, 5) is 24.3. The molecule has 0 aliphatic carbocycles. The van der Waals surface area contributed by atoms with Gasteiger partial charge in [-0.2, -0.15) is 0 Å². The molecule has 0 saturated carbocycles. The Balaban J connectivity index is 1.63. The normalized spacial score (nSPS) is 13.2. The number of hydrogen-bond acceptors (Lipinski definition) is 5. The van der Waals surface area contributed by atoms with Crippen molar-refractivity contribution in [1.82, 2.24) is 0 Å². The Morgan fingerprint density at radius 3 is 2.71 bits per heavy atom. The Morgan fingerprint density at radius 2 is 1.92 bits per heavy atom. The minimum absolute atomic E-state index is 0.163. The van der Waals surface area contributed by atoms with Crippen LogP contribution >= 0.6 is 22.6 Å². The lowest BCUT2D eigenvalue weighted by molar-refractivity contribution is -0.123. The molecule has 6 nitrogen and oxygen atoms in total. The molecule has 0 spiro atoms. The molecule has 1 atom stereocenters. The molecule has 124 valence electrons. The molecule has 2 aromatic carbocycles. The second kappa shape index (κ2) is 7.08. The van der Waals surface area contributed by atoms with Crippen molar-refractivity contribution in [1.29, 1.82) is 0 Å². The van der Waals surface area contributed by atoms with Crippen molar-refractivity contribution in [2.24, 2.45) is 0 Å². The monoisotopic (exact) mass is 439 g/mol. The molecule has 2 aromatic rings. The van der Waals surface area contributed by atoms with Gasteiger partial charge in [0.15, 0.2) is 17.6 Å². The smallest absolute Gasteiger partial charge is 0.339 e. The first-order valence-electron chi connectivity index (χ1n) is 7.20. The second-order valence-corrected chi connectivity index (χ2v) is 6.25. The van der Waals surface area contributed by atoms with Gasteiger partial charge in [0.05, 0.1) is 5.56 Å². The lowest BCUT2D eigenvalue weighted by Gasteiger charge is -2.14. The second-order valence-electron chi connectivity index (χ2n) is 5.08. The summed E-state index contributed by atoms with van der Waals surface area (Å²) in [5.74, 6) is 0.240. The lowest BCUT2D eigenvalue weighted by atomic mass is 10.2. The number of halogens is 1. The fourth-order valence-electron chi connectivity index (χ4n) is 2.12. The number of rotatable bonds is 4. The zero-order valence-corrected chi connectivity index (χ0v) is 14.9. The number of amides is 1. The van der Waals surface area contributed by atoms with Gasteiger partial charge in [0.1, 0.15) is 0 Å². The molecule has 1 aliphatic heterocycles. The van der Waals surface area contributed by atoms with Crippen molar-refractivity contribution in [3.8, 4) is 11.5 Å². The van der Waals surface area contributed by atoms with Crippen molar-refractivity contribution in [3.05, 3.63) is 51.6 Å². The van der Waals surface area contributed by atoms with E-state index in [1.54, 1.807) is 36.4 Å². The largest absolute Gasteiger partial charge is 0.454 e. The van der Waals surface area contributed by atoms with Gasteiger partial charge in [-0.25, -0.2) is 4.79 Å². The maximum Gasteiger partial charge on any atom is 0.339 e. The molecule has 3 rings (SSSR count). The summed E-state index contributed by atoms with van der Waals surface area (Å²) in [6, 6.07) is 12.1. The molecule has 1 amide bonds. The summed E-state index contributed by atoms with van der Waals surface area (Å²) < 4.78 is 16.5. The fourth-order valence-corrected chi connectivity index (χ4v) is 2.73. The van der Waals surface area contributed by atoms with Crippen molar-refractivity contribution in [2.75, 3.05) is 12.1 Å². The van der Waals surface area contributed by atoms with Crippen molar-refractivity contribution >= 4 is 40.2 Å². The highest BCUT2D eigenvalue weighted by molar-refractivity contribution is 14.1. The van der Waals surface area contributed by atoms with Gasteiger partial charge in [0, 0.05) is 15.3 Å². The van der Waals surface area contributed by atoms with E-state index in [-0.39, 0.29) is 6.79 Å². The van der Waals surface area contributed by atoms with Crippen LogP contribution in [0.4, 0.5) is 5.69 Å². The van der Waals surface area contributed by atoms with E-state index in [9.17, 15) is 9.59 Å². The molecule has 1 heterocycles. The van der Waals surface area contributed by atoms with Crippen LogP contribution in [0.25, 0.3) is 0 Å². The van der Waals surface area contributed by atoms with Crippen LogP contribution in [0.3, 0.4) is 0 Å². The average molecular weight is 439 g/mol. The topological polar surface area (TPSA) is 73.9 Å². The van der Waals surface area contributed by atoms with Crippen molar-refractivity contribution < 1.29 is 23.8 Å². The Kier molecular flexibility index (Phi) is 4.89. The highest BCUT2D eigenvalue weighted by Gasteiger charge is 2.21. The number of hydrogen-bond donors (Lipinski definition) is 1. The summed E-state index contributed by atoms with van der Waals surface area (Å²) in [6.45, 7) is 1.69. The third kappa shape index (κ3) is 3.61. The van der Waals surface area contributed by atoms with E-state index in [0.717, 1.165) is 3.57 Å². The summed E-state index contributed by atoms with van der Waals surface area (Å²) >= 11 is 2.05. The number of fused-ring (bicyclic) bond motifs is 1. The third-order valence-electron chi connectivity index (χ3n) is 3.39. The first-order valence-corrected chi connectivity index (χ1v) is 8.28. The van der Waals surface area contributed by atoms with E-state index in [1.807, 2.05) is 28.7 Å². The molecule has 0 saturated heterocycles. The highest BCUT2D eigenvalue weighted by Crippen LogP contribution is 2.34. The number of benzene rings is 2. The molecule has 1 unspecified atom stereocenters. The van der Waals surface area contributed by atoms with E-state index in [4.69, 9.17) is 14.2 Å². The van der Waals surface area contributed by atoms with Crippen LogP contribution in [-0.2, 0) is 9.53 Å². The maximum atomic E-state index is 12.2. The van der Waals surface area contributed by atoms with Gasteiger partial charge in [0.25, 0.3) is 5.91 Å². The molecule has 1 aliphatic rings. The first-order chi connectivity index (χ1) is 11.5. The van der Waals surface area contributed by atoms with E-state index in [1.165, 1.54) is 6.92 Å². The first kappa shape index (κ1) is 16.6. The van der Waals surface area contributed by atoms with Gasteiger partial charge in [-0.05, 0) is 53.8 Å². The molecule has 0 radical (unpaired) electrons. The summed E-state index contributed by atoms with van der Waals surface area (Å²) in [6.07, 6.45) is -0.932. The number of carbonyl (C=O) groups is 2. The lowest BCUT2D eigenvalue weighted by Crippen LogP contribution is -2.30. The summed E-state index contributed by atoms with van der Waals surface area (Å²) in [5.41, 5.74) is 0.974. The summed E-state index contributed by atoms with van der Waals surface area (Å²) in [7, 11) is 0. The zero-order valence-electron chi connectivity index (χ0n) is 12.7. The maximum absolute atomic E-state index is 12.2. The van der Waals surface area contributed by atoms with Crippen LogP contribution in [-0.4, -0.2) is 24.8 Å². The Labute approximate surface area is 152 Å². The quantitative estimate of drug-likeness (QED) is 0.585. The van der Waals surface area contributed by atoms with E-state index >= 15 is 0 Å². The number of ether oxygens (including phenoxy) is 3. The predicted molar refractivity (Wildman–Crippen MR) is 95.2 cm³/mol. The standard InChI is InChI=1S/C17H14INO5/c1-10(24-17(21)12-4-2-3-5-13(12)18)16(20)19-11-6-7-14-15(8-11)23-9-22-14/h2-8,10H,9H2,1H3,(H,19,20). The molecule has 0 aromatic heterocycles. The van der Waals surface area contributed by atoms with Gasteiger partial charge >= 0.3 is 5.97 Å². The molecule has 0 fully saturated rings. The van der Waals surface area contributed by atoms with Crippen LogP contribution in [0.5, 0.6) is 11.5 Å². The molecule has 7 heteroatoms. The van der Waals surface area contributed by atoms with Crippen LogP contribution < -0.4 is 14.8 Å². The molecule has 1 N–H and O–H groups in total. The van der Waals surface area contributed by atoms with Crippen LogP contribution in [0, 0.1) is 3.57 Å². The molecular formula is C17H14INO5. The van der Waals surface area contributed by atoms with Crippen LogP contribution in [0.2, 0.25) is 0 Å². The van der Waals surface area contributed by atoms with Gasteiger partial charge in [0.2, 0.25) is 6.79 Å².